The molecule has 1 saturated heterocycles. The van der Waals surface area contributed by atoms with Gasteiger partial charge in [-0.3, -0.25) is 4.79 Å². The van der Waals surface area contributed by atoms with Gasteiger partial charge in [0.05, 0.1) is 0 Å². The maximum Gasteiger partial charge on any atom is 0.263 e. The van der Waals surface area contributed by atoms with Crippen LogP contribution in [0.25, 0.3) is 11.5 Å². The maximum atomic E-state index is 12.5. The molecule has 0 N–H and O–H groups in total. The summed E-state index contributed by atoms with van der Waals surface area (Å²) in [4.78, 5) is 14.4. The van der Waals surface area contributed by atoms with Crippen LogP contribution in [0, 0.1) is 0 Å². The molecule has 1 fully saturated rings. The van der Waals surface area contributed by atoms with Crippen LogP contribution < -0.4 is 4.74 Å². The molecule has 0 saturated carbocycles. The average Bonchev–Trinajstić information content (AvgIpc) is 2.97. The molecule has 0 radical (unpaired) electrons. The zero-order valence-corrected chi connectivity index (χ0v) is 13.3. The summed E-state index contributed by atoms with van der Waals surface area (Å²) in [5.41, 5.74) is 0.821. The fraction of sp³-hybridized carbons (Fsp3) is 0.471. The van der Waals surface area contributed by atoms with E-state index in [9.17, 15) is 4.79 Å². The zero-order valence-electron chi connectivity index (χ0n) is 13.3. The monoisotopic (exact) mass is 315 g/mol. The number of nitrogens with zero attached hydrogens (tertiary/aromatic N) is 3. The van der Waals surface area contributed by atoms with E-state index in [4.69, 9.17) is 9.15 Å². The minimum absolute atomic E-state index is 0.0628. The van der Waals surface area contributed by atoms with E-state index in [2.05, 4.69) is 10.2 Å². The highest BCUT2D eigenvalue weighted by molar-refractivity contribution is 5.81. The van der Waals surface area contributed by atoms with Crippen LogP contribution >= 0.6 is 0 Å². The van der Waals surface area contributed by atoms with Crippen molar-refractivity contribution in [2.75, 3.05) is 13.1 Å². The molecule has 6 nitrogen and oxygen atoms in total. The summed E-state index contributed by atoms with van der Waals surface area (Å²) >= 11 is 0. The lowest BCUT2D eigenvalue weighted by atomic mass is 10.2. The molecule has 2 heterocycles. The predicted molar refractivity (Wildman–Crippen MR) is 84.9 cm³/mol. The molecule has 1 aromatic carbocycles. The molecular formula is C17H21N3O3. The number of likely N-dealkylation sites (tertiary alicyclic amines) is 1. The number of aromatic nitrogens is 2. The van der Waals surface area contributed by atoms with Crippen molar-refractivity contribution in [1.82, 2.24) is 15.1 Å². The Morgan fingerprint density at radius 2 is 1.87 bits per heavy atom. The molecule has 2 aromatic rings. The van der Waals surface area contributed by atoms with Gasteiger partial charge in [0.1, 0.15) is 5.75 Å². The van der Waals surface area contributed by atoms with Crippen LogP contribution in [0.2, 0.25) is 0 Å². The molecule has 3 rings (SSSR count). The lowest BCUT2D eigenvalue weighted by Gasteiger charge is -2.24. The minimum Gasteiger partial charge on any atom is -0.481 e. The van der Waals surface area contributed by atoms with Gasteiger partial charge in [-0.25, -0.2) is 0 Å². The van der Waals surface area contributed by atoms with Gasteiger partial charge in [0.2, 0.25) is 12.3 Å². The number of rotatable bonds is 4. The maximum absolute atomic E-state index is 12.5. The van der Waals surface area contributed by atoms with E-state index in [1.54, 1.807) is 6.92 Å². The Morgan fingerprint density at radius 3 is 2.48 bits per heavy atom. The van der Waals surface area contributed by atoms with Gasteiger partial charge in [0.25, 0.3) is 5.91 Å². The van der Waals surface area contributed by atoms with Crippen LogP contribution in [-0.2, 0) is 4.79 Å². The Kier molecular flexibility index (Phi) is 4.90. The first-order chi connectivity index (χ1) is 11.2. The number of carbonyl (C=O) groups excluding carboxylic acids is 1. The second-order valence-corrected chi connectivity index (χ2v) is 5.77. The molecule has 0 unspecified atom stereocenters. The third kappa shape index (κ3) is 3.88. The van der Waals surface area contributed by atoms with Crippen LogP contribution in [0.5, 0.6) is 5.75 Å². The van der Waals surface area contributed by atoms with Crippen molar-refractivity contribution in [3.8, 4) is 17.2 Å². The van der Waals surface area contributed by atoms with Gasteiger partial charge in [-0.05, 0) is 44.0 Å². The number of benzene rings is 1. The van der Waals surface area contributed by atoms with E-state index in [-0.39, 0.29) is 5.91 Å². The predicted octanol–water partition coefficient (Wildman–Crippen LogP) is 2.91. The third-order valence-electron chi connectivity index (χ3n) is 4.04. The number of amides is 1. The standard InChI is InChI=1S/C17H21N3O3/c1-13(17(21)20-10-4-2-3-5-11-20)23-15-8-6-14(7-9-15)16-19-18-12-22-16/h6-9,12-13H,2-5,10-11H2,1H3/t13-/m0/s1. The molecule has 23 heavy (non-hydrogen) atoms. The number of hydrogen-bond acceptors (Lipinski definition) is 5. The largest absolute Gasteiger partial charge is 0.481 e. The lowest BCUT2D eigenvalue weighted by molar-refractivity contribution is -0.137. The molecule has 0 bridgehead atoms. The first kappa shape index (κ1) is 15.5. The van der Waals surface area contributed by atoms with E-state index in [1.807, 2.05) is 29.2 Å². The van der Waals surface area contributed by atoms with Crippen LogP contribution in [0.15, 0.2) is 35.1 Å². The van der Waals surface area contributed by atoms with E-state index in [0.717, 1.165) is 31.5 Å². The van der Waals surface area contributed by atoms with E-state index >= 15 is 0 Å². The summed E-state index contributed by atoms with van der Waals surface area (Å²) in [5.74, 6) is 1.18. The van der Waals surface area contributed by atoms with Gasteiger partial charge >= 0.3 is 0 Å². The molecule has 1 aliphatic rings. The van der Waals surface area contributed by atoms with Gasteiger partial charge < -0.3 is 14.1 Å². The highest BCUT2D eigenvalue weighted by atomic mass is 16.5. The van der Waals surface area contributed by atoms with Crippen LogP contribution in [0.1, 0.15) is 32.6 Å². The molecule has 6 heteroatoms. The Balaban J connectivity index is 1.60. The Hall–Kier alpha value is -2.37. The second-order valence-electron chi connectivity index (χ2n) is 5.77. The van der Waals surface area contributed by atoms with Crippen LogP contribution in [0.3, 0.4) is 0 Å². The van der Waals surface area contributed by atoms with Crippen LogP contribution in [0.4, 0.5) is 0 Å². The van der Waals surface area contributed by atoms with Gasteiger partial charge in [0.15, 0.2) is 6.10 Å². The fourth-order valence-electron chi connectivity index (χ4n) is 2.78. The zero-order chi connectivity index (χ0) is 16.1. The van der Waals surface area contributed by atoms with Crippen molar-refractivity contribution in [1.29, 1.82) is 0 Å². The molecule has 1 aromatic heterocycles. The summed E-state index contributed by atoms with van der Waals surface area (Å²) < 4.78 is 10.9. The molecule has 0 spiro atoms. The van der Waals surface area contributed by atoms with Crippen molar-refractivity contribution in [3.63, 3.8) is 0 Å². The van der Waals surface area contributed by atoms with Crippen molar-refractivity contribution in [2.24, 2.45) is 0 Å². The molecule has 1 aliphatic heterocycles. The molecular weight excluding hydrogens is 294 g/mol. The fourth-order valence-corrected chi connectivity index (χ4v) is 2.78. The van der Waals surface area contributed by atoms with E-state index < -0.39 is 6.10 Å². The topological polar surface area (TPSA) is 68.5 Å². The SMILES string of the molecule is C[C@H](Oc1ccc(-c2nnco2)cc1)C(=O)N1CCCCCC1. The molecule has 1 amide bonds. The van der Waals surface area contributed by atoms with Gasteiger partial charge in [0, 0.05) is 18.7 Å². The Labute approximate surface area is 135 Å². The summed E-state index contributed by atoms with van der Waals surface area (Å²) in [6.45, 7) is 3.48. The third-order valence-corrected chi connectivity index (χ3v) is 4.04. The highest BCUT2D eigenvalue weighted by Crippen LogP contribution is 2.21. The average molecular weight is 315 g/mol. The number of ether oxygens (including phenoxy) is 1. The van der Waals surface area contributed by atoms with Crippen LogP contribution in [-0.4, -0.2) is 40.2 Å². The van der Waals surface area contributed by atoms with Gasteiger partial charge in [-0.1, -0.05) is 12.8 Å². The van der Waals surface area contributed by atoms with E-state index in [0.29, 0.717) is 11.6 Å². The normalized spacial score (nSPS) is 16.7. The quantitative estimate of drug-likeness (QED) is 0.867. The molecule has 122 valence electrons. The Bertz CT molecular complexity index is 617. The molecule has 0 aliphatic carbocycles. The summed E-state index contributed by atoms with van der Waals surface area (Å²) in [5, 5.41) is 7.51. The lowest BCUT2D eigenvalue weighted by Crippen LogP contribution is -2.40. The van der Waals surface area contributed by atoms with Crippen molar-refractivity contribution < 1.29 is 13.9 Å². The number of carbonyl (C=O) groups is 1. The van der Waals surface area contributed by atoms with Gasteiger partial charge in [-0.15, -0.1) is 10.2 Å². The minimum atomic E-state index is -0.484. The highest BCUT2D eigenvalue weighted by Gasteiger charge is 2.22. The van der Waals surface area contributed by atoms with Gasteiger partial charge in [-0.2, -0.15) is 0 Å². The smallest absolute Gasteiger partial charge is 0.263 e. The Morgan fingerprint density at radius 1 is 1.17 bits per heavy atom. The number of hydrogen-bond donors (Lipinski definition) is 0. The first-order valence-electron chi connectivity index (χ1n) is 8.06. The second kappa shape index (κ2) is 7.26. The summed E-state index contributed by atoms with van der Waals surface area (Å²) in [7, 11) is 0. The van der Waals surface area contributed by atoms with Crippen molar-refractivity contribution in [2.45, 2.75) is 38.7 Å². The summed E-state index contributed by atoms with van der Waals surface area (Å²) in [6.07, 6.45) is 5.38. The van der Waals surface area contributed by atoms with E-state index in [1.165, 1.54) is 19.2 Å². The molecule has 1 atom stereocenters. The summed E-state index contributed by atoms with van der Waals surface area (Å²) in [6, 6.07) is 7.30. The first-order valence-corrected chi connectivity index (χ1v) is 8.06. The van der Waals surface area contributed by atoms with Crippen molar-refractivity contribution >= 4 is 5.91 Å². The van der Waals surface area contributed by atoms with Crippen molar-refractivity contribution in [3.05, 3.63) is 30.7 Å².